The molecule has 5 heteroatoms. The second-order valence-corrected chi connectivity index (χ2v) is 3.22. The Bertz CT molecular complexity index is 141. The Balaban J connectivity index is 3.45. The summed E-state index contributed by atoms with van der Waals surface area (Å²) in [6.07, 6.45) is 0. The molecule has 12 heavy (non-hydrogen) atoms. The number of carbonyl (C=O) groups is 1. The Labute approximate surface area is 77.3 Å². The molecule has 0 aromatic heterocycles. The Morgan fingerprint density at radius 3 is 2.58 bits per heavy atom. The van der Waals surface area contributed by atoms with E-state index in [2.05, 4.69) is 17.4 Å². The number of hydrogen-bond donors (Lipinski definition) is 2. The molecule has 4 nitrogen and oxygen atoms in total. The van der Waals surface area contributed by atoms with E-state index in [9.17, 15) is 4.79 Å². The van der Waals surface area contributed by atoms with Crippen LogP contribution in [0.3, 0.4) is 0 Å². The van der Waals surface area contributed by atoms with Gasteiger partial charge in [-0.2, -0.15) is 0 Å². The number of rotatable bonds is 5. The first-order chi connectivity index (χ1) is 5.48. The van der Waals surface area contributed by atoms with Crippen molar-refractivity contribution in [2.75, 3.05) is 19.8 Å². The molecule has 0 rings (SSSR count). The number of ether oxygens (including phenoxy) is 2. The fraction of sp³-hybridized carbons (Fsp3) is 0.857. The predicted octanol–water partition coefficient (Wildman–Crippen LogP) is 0.204. The van der Waals surface area contributed by atoms with Crippen LogP contribution in [0.5, 0.6) is 0 Å². The molecule has 0 saturated carbocycles. The maximum atomic E-state index is 10.8. The Kier molecular flexibility index (Phi) is 5.28. The van der Waals surface area contributed by atoms with Crippen LogP contribution >= 0.6 is 12.6 Å². The van der Waals surface area contributed by atoms with Gasteiger partial charge in [0.2, 0.25) is 4.93 Å². The van der Waals surface area contributed by atoms with E-state index in [0.717, 1.165) is 0 Å². The Morgan fingerprint density at radius 1 is 1.58 bits per heavy atom. The molecule has 0 aliphatic heterocycles. The zero-order chi connectivity index (χ0) is 9.61. The SMILES string of the molecule is CCOCCOC(=O)C(C)(O)S. The van der Waals surface area contributed by atoms with E-state index in [0.29, 0.717) is 13.2 Å². The summed E-state index contributed by atoms with van der Waals surface area (Å²) in [5.41, 5.74) is 0. The zero-order valence-corrected chi connectivity index (χ0v) is 8.13. The molecule has 0 saturated heterocycles. The van der Waals surface area contributed by atoms with Gasteiger partial charge in [-0.25, -0.2) is 4.79 Å². The van der Waals surface area contributed by atoms with Crippen molar-refractivity contribution in [1.82, 2.24) is 0 Å². The van der Waals surface area contributed by atoms with Crippen LogP contribution in [0.2, 0.25) is 0 Å². The largest absolute Gasteiger partial charge is 0.460 e. The number of carbonyl (C=O) groups excluding carboxylic acids is 1. The lowest BCUT2D eigenvalue weighted by atomic mass is 10.4. The molecular weight excluding hydrogens is 180 g/mol. The molecule has 1 N–H and O–H groups in total. The highest BCUT2D eigenvalue weighted by Crippen LogP contribution is 2.09. The number of hydrogen-bond acceptors (Lipinski definition) is 5. The lowest BCUT2D eigenvalue weighted by Gasteiger charge is -2.14. The number of esters is 1. The smallest absolute Gasteiger partial charge is 0.348 e. The van der Waals surface area contributed by atoms with E-state index in [-0.39, 0.29) is 6.61 Å². The molecule has 0 heterocycles. The number of thiol groups is 1. The lowest BCUT2D eigenvalue weighted by molar-refractivity contribution is -0.156. The van der Waals surface area contributed by atoms with Crippen LogP contribution in [-0.4, -0.2) is 35.8 Å². The van der Waals surface area contributed by atoms with Crippen molar-refractivity contribution in [1.29, 1.82) is 0 Å². The summed E-state index contributed by atoms with van der Waals surface area (Å²) in [7, 11) is 0. The quantitative estimate of drug-likeness (QED) is 0.284. The fourth-order valence-electron chi connectivity index (χ4n) is 0.474. The monoisotopic (exact) mass is 194 g/mol. The van der Waals surface area contributed by atoms with Gasteiger partial charge in [-0.05, 0) is 13.8 Å². The molecule has 0 spiro atoms. The highest BCUT2D eigenvalue weighted by Gasteiger charge is 2.26. The van der Waals surface area contributed by atoms with Crippen molar-refractivity contribution in [2.45, 2.75) is 18.8 Å². The summed E-state index contributed by atoms with van der Waals surface area (Å²) in [4.78, 5) is 9.11. The van der Waals surface area contributed by atoms with Crippen LogP contribution in [0, 0.1) is 0 Å². The van der Waals surface area contributed by atoms with E-state index in [1.807, 2.05) is 6.92 Å². The Morgan fingerprint density at radius 2 is 2.17 bits per heavy atom. The van der Waals surface area contributed by atoms with Gasteiger partial charge < -0.3 is 14.6 Å². The molecule has 72 valence electrons. The summed E-state index contributed by atoms with van der Waals surface area (Å²) in [6.45, 7) is 4.15. The van der Waals surface area contributed by atoms with Crippen LogP contribution in [0.25, 0.3) is 0 Å². The van der Waals surface area contributed by atoms with Gasteiger partial charge in [0.05, 0.1) is 6.61 Å². The summed E-state index contributed by atoms with van der Waals surface area (Å²) < 4.78 is 9.53. The molecule has 0 amide bonds. The second kappa shape index (κ2) is 5.40. The average Bonchev–Trinajstić information content (AvgIpc) is 1.96. The van der Waals surface area contributed by atoms with Gasteiger partial charge in [0.25, 0.3) is 0 Å². The van der Waals surface area contributed by atoms with Crippen LogP contribution in [0.4, 0.5) is 0 Å². The first kappa shape index (κ1) is 11.7. The average molecular weight is 194 g/mol. The highest BCUT2D eigenvalue weighted by molar-refractivity contribution is 7.82. The predicted molar refractivity (Wildman–Crippen MR) is 47.1 cm³/mol. The van der Waals surface area contributed by atoms with Gasteiger partial charge in [-0.3, -0.25) is 0 Å². The van der Waals surface area contributed by atoms with Gasteiger partial charge in [-0.1, -0.05) is 0 Å². The van der Waals surface area contributed by atoms with Crippen LogP contribution < -0.4 is 0 Å². The highest BCUT2D eigenvalue weighted by atomic mass is 32.1. The molecule has 1 atom stereocenters. The molecule has 0 aliphatic carbocycles. The van der Waals surface area contributed by atoms with Crippen LogP contribution in [0.15, 0.2) is 0 Å². The third-order valence-electron chi connectivity index (χ3n) is 1.05. The summed E-state index contributed by atoms with van der Waals surface area (Å²) >= 11 is 3.61. The molecule has 1 unspecified atom stereocenters. The van der Waals surface area contributed by atoms with Crippen molar-refractivity contribution >= 4 is 18.6 Å². The van der Waals surface area contributed by atoms with Crippen LogP contribution in [-0.2, 0) is 14.3 Å². The van der Waals surface area contributed by atoms with Gasteiger partial charge in [0, 0.05) is 6.61 Å². The maximum absolute atomic E-state index is 10.8. The summed E-state index contributed by atoms with van der Waals surface area (Å²) in [5, 5.41) is 8.99. The second-order valence-electron chi connectivity index (χ2n) is 2.35. The summed E-state index contributed by atoms with van der Waals surface area (Å²) in [6, 6.07) is 0. The first-order valence-electron chi connectivity index (χ1n) is 3.68. The third-order valence-corrected chi connectivity index (χ3v) is 1.23. The zero-order valence-electron chi connectivity index (χ0n) is 7.24. The van der Waals surface area contributed by atoms with Crippen molar-refractivity contribution in [3.05, 3.63) is 0 Å². The van der Waals surface area contributed by atoms with Gasteiger partial charge in [-0.15, -0.1) is 12.6 Å². The van der Waals surface area contributed by atoms with E-state index in [1.165, 1.54) is 6.92 Å². The maximum Gasteiger partial charge on any atom is 0.348 e. The molecule has 0 bridgehead atoms. The van der Waals surface area contributed by atoms with Crippen molar-refractivity contribution in [2.24, 2.45) is 0 Å². The van der Waals surface area contributed by atoms with Crippen LogP contribution in [0.1, 0.15) is 13.8 Å². The minimum absolute atomic E-state index is 0.142. The standard InChI is InChI=1S/C7H14O4S/c1-3-10-4-5-11-6(8)7(2,9)12/h9,12H,3-5H2,1-2H3. The topological polar surface area (TPSA) is 55.8 Å². The van der Waals surface area contributed by atoms with Gasteiger partial charge in [0.15, 0.2) is 0 Å². The molecule has 0 aliphatic rings. The molecule has 0 radical (unpaired) electrons. The van der Waals surface area contributed by atoms with Crippen molar-refractivity contribution < 1.29 is 19.4 Å². The normalized spacial score (nSPS) is 15.3. The minimum atomic E-state index is -1.72. The van der Waals surface area contributed by atoms with E-state index >= 15 is 0 Å². The Hall–Kier alpha value is -0.260. The lowest BCUT2D eigenvalue weighted by Crippen LogP contribution is -2.31. The summed E-state index contributed by atoms with van der Waals surface area (Å²) in [5.74, 6) is -0.759. The van der Waals surface area contributed by atoms with E-state index < -0.39 is 10.9 Å². The van der Waals surface area contributed by atoms with E-state index in [1.54, 1.807) is 0 Å². The van der Waals surface area contributed by atoms with Gasteiger partial charge >= 0.3 is 5.97 Å². The fourth-order valence-corrected chi connectivity index (χ4v) is 0.539. The molecule has 0 fully saturated rings. The van der Waals surface area contributed by atoms with Gasteiger partial charge in [0.1, 0.15) is 6.61 Å². The number of aliphatic hydroxyl groups is 1. The molecular formula is C7H14O4S. The van der Waals surface area contributed by atoms with Crippen molar-refractivity contribution in [3.8, 4) is 0 Å². The van der Waals surface area contributed by atoms with E-state index in [4.69, 9.17) is 9.84 Å². The third kappa shape index (κ3) is 5.40. The molecule has 0 aromatic rings. The minimum Gasteiger partial charge on any atom is -0.460 e. The van der Waals surface area contributed by atoms with Crippen molar-refractivity contribution in [3.63, 3.8) is 0 Å². The first-order valence-corrected chi connectivity index (χ1v) is 4.13. The molecule has 0 aromatic carbocycles.